The van der Waals surface area contributed by atoms with Gasteiger partial charge in [0.1, 0.15) is 17.5 Å². The molecule has 1 aromatic heterocycles. The highest BCUT2D eigenvalue weighted by Gasteiger charge is 2.31. The van der Waals surface area contributed by atoms with Crippen LogP contribution < -0.4 is 10.2 Å². The fourth-order valence-corrected chi connectivity index (χ4v) is 3.99. The van der Waals surface area contributed by atoms with Crippen LogP contribution >= 0.6 is 0 Å². The van der Waals surface area contributed by atoms with Gasteiger partial charge in [0.15, 0.2) is 0 Å². The van der Waals surface area contributed by atoms with E-state index in [0.29, 0.717) is 5.92 Å². The Morgan fingerprint density at radius 3 is 2.69 bits per heavy atom. The van der Waals surface area contributed by atoms with Gasteiger partial charge in [0.25, 0.3) is 0 Å². The van der Waals surface area contributed by atoms with Crippen LogP contribution in [0.3, 0.4) is 0 Å². The molecule has 1 aliphatic carbocycles. The second-order valence-electron chi connectivity index (χ2n) is 7.50. The van der Waals surface area contributed by atoms with Gasteiger partial charge < -0.3 is 19.9 Å². The van der Waals surface area contributed by atoms with Crippen LogP contribution in [0.25, 0.3) is 0 Å². The molecule has 0 bridgehead atoms. The van der Waals surface area contributed by atoms with Gasteiger partial charge in [-0.2, -0.15) is 0 Å². The van der Waals surface area contributed by atoms with Crippen molar-refractivity contribution in [1.29, 1.82) is 0 Å². The summed E-state index contributed by atoms with van der Waals surface area (Å²) in [5.74, 6) is 2.84. The molecule has 1 N–H and O–H groups in total. The van der Waals surface area contributed by atoms with Crippen molar-refractivity contribution in [2.75, 3.05) is 57.1 Å². The van der Waals surface area contributed by atoms with Gasteiger partial charge in [-0.05, 0) is 32.7 Å². The lowest BCUT2D eigenvalue weighted by atomic mass is 9.79. The molecule has 0 radical (unpaired) electrons. The number of ether oxygens (including phenoxy) is 1. The molecule has 7 nitrogen and oxygen atoms in total. The average molecular weight is 361 g/mol. The van der Waals surface area contributed by atoms with E-state index in [4.69, 9.17) is 4.74 Å². The number of hydrogen-bond donors (Lipinski definition) is 1. The highest BCUT2D eigenvalue weighted by molar-refractivity contribution is 5.72. The van der Waals surface area contributed by atoms with Crippen LogP contribution in [0.2, 0.25) is 0 Å². The van der Waals surface area contributed by atoms with Crippen LogP contribution in [-0.4, -0.2) is 67.7 Å². The minimum Gasteiger partial charge on any atom is -0.469 e. The molecule has 0 spiro atoms. The van der Waals surface area contributed by atoms with Crippen LogP contribution in [0.1, 0.15) is 31.5 Å². The zero-order valence-electron chi connectivity index (χ0n) is 16.2. The summed E-state index contributed by atoms with van der Waals surface area (Å²) >= 11 is 0. The Morgan fingerprint density at radius 1 is 1.23 bits per heavy atom. The number of anilines is 2. The monoisotopic (exact) mass is 361 g/mol. The normalized spacial score (nSPS) is 24.3. The van der Waals surface area contributed by atoms with E-state index in [2.05, 4.69) is 32.1 Å². The van der Waals surface area contributed by atoms with Crippen LogP contribution in [0.15, 0.2) is 6.07 Å². The van der Waals surface area contributed by atoms with Gasteiger partial charge in [0.05, 0.1) is 13.0 Å². The zero-order valence-corrected chi connectivity index (χ0v) is 16.2. The van der Waals surface area contributed by atoms with E-state index in [1.807, 2.05) is 13.0 Å². The van der Waals surface area contributed by atoms with Gasteiger partial charge in [-0.25, -0.2) is 9.97 Å². The van der Waals surface area contributed by atoms with E-state index in [1.165, 1.54) is 13.5 Å². The number of nitrogens with zero attached hydrogens (tertiary/aromatic N) is 4. The molecule has 1 saturated carbocycles. The van der Waals surface area contributed by atoms with Gasteiger partial charge in [0, 0.05) is 38.8 Å². The summed E-state index contributed by atoms with van der Waals surface area (Å²) in [7, 11) is 3.63. The minimum atomic E-state index is -0.0755. The number of nitrogens with one attached hydrogen (secondary N) is 1. The van der Waals surface area contributed by atoms with Gasteiger partial charge in [0.2, 0.25) is 0 Å². The van der Waals surface area contributed by atoms with Crippen LogP contribution in [0.5, 0.6) is 0 Å². The Morgan fingerprint density at radius 2 is 1.96 bits per heavy atom. The Balaban J connectivity index is 1.65. The van der Waals surface area contributed by atoms with Crippen molar-refractivity contribution in [1.82, 2.24) is 14.9 Å². The molecule has 2 unspecified atom stereocenters. The molecular weight excluding hydrogens is 330 g/mol. The second-order valence-corrected chi connectivity index (χ2v) is 7.50. The lowest BCUT2D eigenvalue weighted by Crippen LogP contribution is -2.44. The number of methoxy groups -OCH3 is 1. The molecule has 2 aliphatic rings. The maximum Gasteiger partial charge on any atom is 0.309 e. The lowest BCUT2D eigenvalue weighted by Gasteiger charge is -2.33. The summed E-state index contributed by atoms with van der Waals surface area (Å²) in [4.78, 5) is 25.9. The standard InChI is InChI=1S/C19H31N5O2/c1-14-21-17(12-18(22-14)24-10-8-23(2)9-11-24)20-13-15-6-4-5-7-16(15)19(25)26-3/h12,15-16H,4-11,13H2,1-3H3,(H,20,21,22). The minimum absolute atomic E-state index is 0.00119. The van der Waals surface area contributed by atoms with E-state index in [1.54, 1.807) is 0 Å². The van der Waals surface area contributed by atoms with E-state index in [-0.39, 0.29) is 11.9 Å². The molecule has 1 saturated heterocycles. The number of likely N-dealkylation sites (N-methyl/N-ethyl adjacent to an activating group) is 1. The number of esters is 1. The summed E-state index contributed by atoms with van der Waals surface area (Å²) in [6.45, 7) is 6.75. The van der Waals surface area contributed by atoms with Crippen molar-refractivity contribution in [3.8, 4) is 0 Å². The second kappa shape index (κ2) is 8.66. The van der Waals surface area contributed by atoms with E-state index in [9.17, 15) is 4.79 Å². The van der Waals surface area contributed by atoms with Crippen molar-refractivity contribution in [3.63, 3.8) is 0 Å². The first-order valence-corrected chi connectivity index (χ1v) is 9.67. The largest absolute Gasteiger partial charge is 0.469 e. The Hall–Kier alpha value is -1.89. The molecule has 0 aromatic carbocycles. The molecule has 7 heteroatoms. The number of carbonyl (C=O) groups excluding carboxylic acids is 1. The lowest BCUT2D eigenvalue weighted by molar-refractivity contribution is -0.148. The van der Waals surface area contributed by atoms with Gasteiger partial charge in [-0.1, -0.05) is 12.8 Å². The summed E-state index contributed by atoms with van der Waals surface area (Å²) < 4.78 is 5.00. The number of rotatable bonds is 5. The molecule has 0 amide bonds. The summed E-state index contributed by atoms with van der Waals surface area (Å²) in [6, 6.07) is 2.04. The maximum absolute atomic E-state index is 12.0. The molecule has 2 fully saturated rings. The molecule has 2 atom stereocenters. The molecule has 26 heavy (non-hydrogen) atoms. The molecule has 1 aromatic rings. The van der Waals surface area contributed by atoms with Gasteiger partial charge in [-0.15, -0.1) is 0 Å². The van der Waals surface area contributed by atoms with Crippen molar-refractivity contribution < 1.29 is 9.53 Å². The van der Waals surface area contributed by atoms with Crippen LogP contribution in [-0.2, 0) is 9.53 Å². The van der Waals surface area contributed by atoms with E-state index >= 15 is 0 Å². The van der Waals surface area contributed by atoms with Gasteiger partial charge in [-0.3, -0.25) is 4.79 Å². The Kier molecular flexibility index (Phi) is 6.29. The first-order chi connectivity index (χ1) is 12.6. The van der Waals surface area contributed by atoms with Crippen molar-refractivity contribution >= 4 is 17.6 Å². The van der Waals surface area contributed by atoms with Crippen molar-refractivity contribution in [3.05, 3.63) is 11.9 Å². The summed E-state index contributed by atoms with van der Waals surface area (Å²) in [6.07, 6.45) is 4.27. The number of aromatic nitrogens is 2. The van der Waals surface area contributed by atoms with Crippen molar-refractivity contribution in [2.24, 2.45) is 11.8 Å². The third kappa shape index (κ3) is 4.63. The topological polar surface area (TPSA) is 70.6 Å². The molecule has 144 valence electrons. The third-order valence-electron chi connectivity index (χ3n) is 5.61. The average Bonchev–Trinajstić information content (AvgIpc) is 2.66. The molecule has 1 aliphatic heterocycles. The zero-order chi connectivity index (χ0) is 18.5. The predicted molar refractivity (Wildman–Crippen MR) is 102 cm³/mol. The smallest absolute Gasteiger partial charge is 0.309 e. The molecule has 3 rings (SSSR count). The molecular formula is C19H31N5O2. The summed E-state index contributed by atoms with van der Waals surface area (Å²) in [5, 5.41) is 3.46. The number of hydrogen-bond acceptors (Lipinski definition) is 7. The quantitative estimate of drug-likeness (QED) is 0.804. The predicted octanol–water partition coefficient (Wildman–Crippen LogP) is 1.93. The summed E-state index contributed by atoms with van der Waals surface area (Å²) in [5.41, 5.74) is 0. The third-order valence-corrected chi connectivity index (χ3v) is 5.61. The van der Waals surface area contributed by atoms with Crippen LogP contribution in [0.4, 0.5) is 11.6 Å². The fourth-order valence-electron chi connectivity index (χ4n) is 3.99. The first-order valence-electron chi connectivity index (χ1n) is 9.67. The fraction of sp³-hybridized carbons (Fsp3) is 0.737. The maximum atomic E-state index is 12.0. The Labute approximate surface area is 156 Å². The van der Waals surface area contributed by atoms with E-state index < -0.39 is 0 Å². The highest BCUT2D eigenvalue weighted by atomic mass is 16.5. The van der Waals surface area contributed by atoms with Crippen molar-refractivity contribution in [2.45, 2.75) is 32.6 Å². The SMILES string of the molecule is COC(=O)C1CCCCC1CNc1cc(N2CCN(C)CC2)nc(C)n1. The first kappa shape index (κ1) is 18.9. The Bertz CT molecular complexity index is 616. The van der Waals surface area contributed by atoms with Gasteiger partial charge >= 0.3 is 5.97 Å². The molecule has 2 heterocycles. The number of carbonyl (C=O) groups is 1. The highest BCUT2D eigenvalue weighted by Crippen LogP contribution is 2.31. The number of piperazine rings is 1. The number of aryl methyl sites for hydroxylation is 1. The van der Waals surface area contributed by atoms with E-state index in [0.717, 1.165) is 69.4 Å². The van der Waals surface area contributed by atoms with Crippen LogP contribution in [0, 0.1) is 18.8 Å².